The number of nitrogens with zero attached hydrogens (tertiary/aromatic N) is 6. The Morgan fingerprint density at radius 1 is 1.06 bits per heavy atom. The average Bonchev–Trinajstić information content (AvgIpc) is 3.50. The second kappa shape index (κ2) is 19.3. The smallest absolute Gasteiger partial charge is 0.328 e. The molecule has 0 bridgehead atoms. The molecule has 2 aliphatic rings. The van der Waals surface area contributed by atoms with Gasteiger partial charge in [0.25, 0.3) is 11.8 Å². The maximum Gasteiger partial charge on any atom is 0.328 e. The number of benzene rings is 1. The van der Waals surface area contributed by atoms with Crippen LogP contribution in [-0.4, -0.2) is 117 Å². The van der Waals surface area contributed by atoms with E-state index in [1.807, 2.05) is 20.8 Å². The summed E-state index contributed by atoms with van der Waals surface area (Å²) in [6.45, 7) is 15.3. The van der Waals surface area contributed by atoms with Crippen LogP contribution in [0.3, 0.4) is 0 Å². The number of carbonyl (C=O) groups is 3. The second-order valence-electron chi connectivity index (χ2n) is 13.5. The fourth-order valence-electron chi connectivity index (χ4n) is 6.58. The molecule has 2 saturated heterocycles. The molecule has 13 nitrogen and oxygen atoms in total. The molecule has 4 rings (SSSR count). The lowest BCUT2D eigenvalue weighted by molar-refractivity contribution is -0.134. The van der Waals surface area contributed by atoms with Crippen LogP contribution < -0.4 is 15.0 Å². The number of hydrogen-bond acceptors (Lipinski definition) is 10. The molecule has 0 unspecified atom stereocenters. The van der Waals surface area contributed by atoms with Crippen LogP contribution in [0, 0.1) is 17.2 Å². The predicted octanol–water partition coefficient (Wildman–Crippen LogP) is 4.95. The minimum absolute atomic E-state index is 0.0601. The van der Waals surface area contributed by atoms with Gasteiger partial charge in [-0.15, -0.1) is 10.2 Å². The van der Waals surface area contributed by atoms with E-state index in [-0.39, 0.29) is 41.0 Å². The summed E-state index contributed by atoms with van der Waals surface area (Å²) in [5.41, 5.74) is 0.268. The SMILES string of the molecule is CCN(C(=O)c1cc(F)ccc1Oc1nncnc1N1CCC2(C1)CN([C@H](CCCNCCC(F)F)C(C)C)C2)C(C)C.O=C(O)/C=C/C(=O)O. The summed E-state index contributed by atoms with van der Waals surface area (Å²) in [6.07, 6.45) is 3.13. The monoisotopic (exact) mass is 721 g/mol. The van der Waals surface area contributed by atoms with E-state index in [9.17, 15) is 27.6 Å². The number of ether oxygens (including phenoxy) is 1. The number of carboxylic acid groups (broad SMARTS) is 2. The van der Waals surface area contributed by atoms with E-state index < -0.39 is 24.2 Å². The van der Waals surface area contributed by atoms with Crippen molar-refractivity contribution in [2.45, 2.75) is 78.8 Å². The summed E-state index contributed by atoms with van der Waals surface area (Å²) >= 11 is 0. The number of carboxylic acids is 2. The largest absolute Gasteiger partial charge is 0.478 e. The van der Waals surface area contributed by atoms with Gasteiger partial charge in [0.1, 0.15) is 17.9 Å². The van der Waals surface area contributed by atoms with Gasteiger partial charge in [-0.25, -0.2) is 27.7 Å². The zero-order valence-electron chi connectivity index (χ0n) is 29.9. The Morgan fingerprint density at radius 3 is 2.33 bits per heavy atom. The molecular formula is C35H50F3N7O6. The first-order valence-corrected chi connectivity index (χ1v) is 17.2. The normalized spacial score (nSPS) is 16.0. The van der Waals surface area contributed by atoms with Crippen LogP contribution in [-0.2, 0) is 9.59 Å². The van der Waals surface area contributed by atoms with Gasteiger partial charge < -0.3 is 30.1 Å². The van der Waals surface area contributed by atoms with Crippen molar-refractivity contribution in [2.24, 2.45) is 11.3 Å². The van der Waals surface area contributed by atoms with Crippen LogP contribution in [0.25, 0.3) is 0 Å². The molecule has 0 saturated carbocycles. The molecule has 1 amide bonds. The van der Waals surface area contributed by atoms with Crippen LogP contribution in [0.4, 0.5) is 19.0 Å². The molecule has 2 aromatic rings. The van der Waals surface area contributed by atoms with Gasteiger partial charge >= 0.3 is 11.9 Å². The zero-order chi connectivity index (χ0) is 37.7. The average molecular weight is 722 g/mol. The number of amides is 1. The molecule has 2 aliphatic heterocycles. The number of nitrogens with one attached hydrogen (secondary N) is 1. The van der Waals surface area contributed by atoms with Gasteiger partial charge in [0, 0.05) is 75.3 Å². The van der Waals surface area contributed by atoms with E-state index in [1.54, 1.807) is 4.90 Å². The lowest BCUT2D eigenvalue weighted by Crippen LogP contribution is -2.62. The minimum Gasteiger partial charge on any atom is -0.478 e. The number of aromatic nitrogens is 3. The molecule has 2 fully saturated rings. The van der Waals surface area contributed by atoms with Crippen molar-refractivity contribution in [1.29, 1.82) is 0 Å². The summed E-state index contributed by atoms with van der Waals surface area (Å²) in [4.78, 5) is 43.3. The number of aliphatic carboxylic acids is 2. The van der Waals surface area contributed by atoms with Crippen molar-refractivity contribution >= 4 is 23.7 Å². The zero-order valence-corrected chi connectivity index (χ0v) is 29.9. The number of hydrogen-bond donors (Lipinski definition) is 3. The molecule has 1 aromatic carbocycles. The van der Waals surface area contributed by atoms with Crippen LogP contribution in [0.1, 0.15) is 70.7 Å². The van der Waals surface area contributed by atoms with E-state index >= 15 is 0 Å². The molecule has 0 aliphatic carbocycles. The van der Waals surface area contributed by atoms with E-state index in [0.717, 1.165) is 52.0 Å². The van der Waals surface area contributed by atoms with Crippen LogP contribution >= 0.6 is 0 Å². The summed E-state index contributed by atoms with van der Waals surface area (Å²) in [6, 6.07) is 4.30. The molecule has 3 heterocycles. The van der Waals surface area contributed by atoms with Crippen molar-refractivity contribution in [3.8, 4) is 11.6 Å². The standard InChI is InChI=1S/C31H46F3N7O2.C4H4O4/c1-6-41(22(4)5)30(42)24-16-23(32)9-10-26(24)43-29-28(36-20-37-38-29)39-15-12-31(17-39)18-40(19-31)25(21(2)3)8-7-13-35-14-11-27(33)34;5-3(6)1-2-4(7)8/h9-10,16,20-22,25,27,35H,6-8,11-15,17-19H2,1-5H3;1-2H,(H,5,6)(H,7,8)/b;2-1+/t25-;/m1./s1. The first kappa shape index (κ1) is 41.1. The third kappa shape index (κ3) is 12.2. The summed E-state index contributed by atoms with van der Waals surface area (Å²) in [5, 5.41) is 26.9. The predicted molar refractivity (Wildman–Crippen MR) is 185 cm³/mol. The highest BCUT2D eigenvalue weighted by Crippen LogP contribution is 2.44. The third-order valence-electron chi connectivity index (χ3n) is 8.99. The second-order valence-corrected chi connectivity index (χ2v) is 13.5. The maximum atomic E-state index is 14.2. The highest BCUT2D eigenvalue weighted by atomic mass is 19.3. The van der Waals surface area contributed by atoms with Crippen LogP contribution in [0.5, 0.6) is 11.6 Å². The Labute approximate surface area is 296 Å². The van der Waals surface area contributed by atoms with Crippen LogP contribution in [0.2, 0.25) is 0 Å². The number of alkyl halides is 2. The van der Waals surface area contributed by atoms with Gasteiger partial charge in [-0.3, -0.25) is 9.69 Å². The van der Waals surface area contributed by atoms with Gasteiger partial charge in [0.05, 0.1) is 5.56 Å². The maximum absolute atomic E-state index is 14.2. The van der Waals surface area contributed by atoms with E-state index in [2.05, 4.69) is 44.1 Å². The van der Waals surface area contributed by atoms with Crippen molar-refractivity contribution in [3.63, 3.8) is 0 Å². The highest BCUT2D eigenvalue weighted by Gasteiger charge is 2.50. The molecular weight excluding hydrogens is 671 g/mol. The van der Waals surface area contributed by atoms with Crippen molar-refractivity contribution in [1.82, 2.24) is 30.3 Å². The van der Waals surface area contributed by atoms with E-state index in [1.165, 1.54) is 24.5 Å². The molecule has 1 spiro atoms. The Hall–Kier alpha value is -4.31. The Balaban J connectivity index is 0.000000783. The minimum atomic E-state index is -2.26. The van der Waals surface area contributed by atoms with E-state index in [4.69, 9.17) is 14.9 Å². The fourth-order valence-corrected chi connectivity index (χ4v) is 6.58. The highest BCUT2D eigenvalue weighted by molar-refractivity contribution is 5.97. The Bertz CT molecular complexity index is 1470. The first-order valence-electron chi connectivity index (χ1n) is 17.2. The van der Waals surface area contributed by atoms with Crippen molar-refractivity contribution in [3.05, 3.63) is 48.1 Å². The number of rotatable bonds is 17. The molecule has 282 valence electrons. The van der Waals surface area contributed by atoms with Crippen molar-refractivity contribution < 1.29 is 42.5 Å². The number of carbonyl (C=O) groups excluding carboxylic acids is 1. The Kier molecular flexibility index (Phi) is 15.6. The topological polar surface area (TPSA) is 161 Å². The van der Waals surface area contributed by atoms with Gasteiger partial charge in [0.2, 0.25) is 6.43 Å². The molecule has 1 atom stereocenters. The van der Waals surface area contributed by atoms with E-state index in [0.29, 0.717) is 43.0 Å². The molecule has 3 N–H and O–H groups in total. The lowest BCUT2D eigenvalue weighted by Gasteiger charge is -2.53. The molecule has 51 heavy (non-hydrogen) atoms. The number of halogens is 3. The van der Waals surface area contributed by atoms with Crippen molar-refractivity contribution in [2.75, 3.05) is 50.7 Å². The van der Waals surface area contributed by atoms with Gasteiger partial charge in [-0.2, -0.15) is 0 Å². The first-order chi connectivity index (χ1) is 24.2. The van der Waals surface area contributed by atoms with Gasteiger partial charge in [0.15, 0.2) is 5.82 Å². The molecule has 16 heteroatoms. The quantitative estimate of drug-likeness (QED) is 0.149. The van der Waals surface area contributed by atoms with Gasteiger partial charge in [-0.1, -0.05) is 13.8 Å². The van der Waals surface area contributed by atoms with Crippen LogP contribution in [0.15, 0.2) is 36.7 Å². The Morgan fingerprint density at radius 2 is 1.75 bits per heavy atom. The summed E-state index contributed by atoms with van der Waals surface area (Å²) in [5.74, 6) is -1.91. The number of anilines is 1. The summed E-state index contributed by atoms with van der Waals surface area (Å²) < 4.78 is 45.1. The fraction of sp³-hybridized carbons (Fsp3) is 0.600. The third-order valence-corrected chi connectivity index (χ3v) is 8.99. The van der Waals surface area contributed by atoms with Gasteiger partial charge in [-0.05, 0) is 70.7 Å². The lowest BCUT2D eigenvalue weighted by atomic mass is 9.76. The molecule has 1 aromatic heterocycles. The molecule has 0 radical (unpaired) electrons. The number of likely N-dealkylation sites (tertiary alicyclic amines) is 1. The summed E-state index contributed by atoms with van der Waals surface area (Å²) in [7, 11) is 0.